The van der Waals surface area contributed by atoms with Crippen molar-refractivity contribution in [1.82, 2.24) is 4.90 Å². The Morgan fingerprint density at radius 1 is 1.11 bits per heavy atom. The van der Waals surface area contributed by atoms with Gasteiger partial charge in [0.2, 0.25) is 0 Å². The number of nitrogens with zero attached hydrogens (tertiary/aromatic N) is 1. The van der Waals surface area contributed by atoms with Crippen LogP contribution in [-0.4, -0.2) is 17.5 Å². The van der Waals surface area contributed by atoms with Gasteiger partial charge in [0.15, 0.2) is 0 Å². The molecule has 0 bridgehead atoms. The lowest BCUT2D eigenvalue weighted by Gasteiger charge is -2.29. The number of hydrogen-bond donors (Lipinski definition) is 1. The van der Waals surface area contributed by atoms with E-state index in [1.54, 1.807) is 0 Å². The summed E-state index contributed by atoms with van der Waals surface area (Å²) in [6, 6.07) is 6.74. The SMILES string of the molecule is Nc1cc(Cl)cc(CN2CCCC2C2CCCC2)c1. The van der Waals surface area contributed by atoms with Gasteiger partial charge in [0, 0.05) is 23.3 Å². The molecule has 1 unspecified atom stereocenters. The number of rotatable bonds is 3. The summed E-state index contributed by atoms with van der Waals surface area (Å²) in [4.78, 5) is 2.65. The van der Waals surface area contributed by atoms with Crippen LogP contribution in [0.5, 0.6) is 0 Å². The Labute approximate surface area is 120 Å². The molecule has 3 heteroatoms. The molecule has 1 aliphatic heterocycles. The lowest BCUT2D eigenvalue weighted by atomic mass is 9.96. The zero-order valence-electron chi connectivity index (χ0n) is 11.4. The number of halogens is 1. The average molecular weight is 279 g/mol. The van der Waals surface area contributed by atoms with Crippen LogP contribution < -0.4 is 5.73 Å². The first kappa shape index (κ1) is 13.3. The van der Waals surface area contributed by atoms with Gasteiger partial charge in [-0.1, -0.05) is 24.4 Å². The summed E-state index contributed by atoms with van der Waals surface area (Å²) in [5.74, 6) is 0.930. The zero-order chi connectivity index (χ0) is 13.2. The van der Waals surface area contributed by atoms with Crippen LogP contribution in [0.2, 0.25) is 5.02 Å². The van der Waals surface area contributed by atoms with Crippen LogP contribution in [0, 0.1) is 5.92 Å². The number of benzene rings is 1. The van der Waals surface area contributed by atoms with E-state index >= 15 is 0 Å². The molecular formula is C16H23ClN2. The van der Waals surface area contributed by atoms with Crippen LogP contribution in [0.15, 0.2) is 18.2 Å². The average Bonchev–Trinajstić information content (AvgIpc) is 2.96. The molecule has 0 aromatic heterocycles. The summed E-state index contributed by atoms with van der Waals surface area (Å²) in [5.41, 5.74) is 7.92. The molecule has 0 radical (unpaired) electrons. The lowest BCUT2D eigenvalue weighted by Crippen LogP contribution is -2.34. The van der Waals surface area contributed by atoms with Crippen molar-refractivity contribution in [3.63, 3.8) is 0 Å². The van der Waals surface area contributed by atoms with Crippen LogP contribution in [0.1, 0.15) is 44.1 Å². The molecule has 104 valence electrons. The first-order valence-corrected chi connectivity index (χ1v) is 7.89. The maximum Gasteiger partial charge on any atom is 0.0429 e. The van der Waals surface area contributed by atoms with Gasteiger partial charge in [-0.3, -0.25) is 4.90 Å². The molecule has 1 atom stereocenters. The van der Waals surface area contributed by atoms with Gasteiger partial charge in [-0.2, -0.15) is 0 Å². The van der Waals surface area contributed by atoms with Crippen molar-refractivity contribution in [3.8, 4) is 0 Å². The number of nitrogens with two attached hydrogens (primary N) is 1. The first-order chi connectivity index (χ1) is 9.22. The van der Waals surface area contributed by atoms with E-state index in [0.717, 1.165) is 29.2 Å². The molecule has 2 aliphatic rings. The topological polar surface area (TPSA) is 29.3 Å². The Morgan fingerprint density at radius 3 is 2.63 bits per heavy atom. The largest absolute Gasteiger partial charge is 0.399 e. The van der Waals surface area contributed by atoms with E-state index in [2.05, 4.69) is 17.0 Å². The van der Waals surface area contributed by atoms with Crippen molar-refractivity contribution in [3.05, 3.63) is 28.8 Å². The zero-order valence-corrected chi connectivity index (χ0v) is 12.2. The van der Waals surface area contributed by atoms with Gasteiger partial charge < -0.3 is 5.73 Å². The second kappa shape index (κ2) is 5.72. The minimum absolute atomic E-state index is 0.756. The minimum atomic E-state index is 0.756. The third kappa shape index (κ3) is 3.06. The number of anilines is 1. The standard InChI is InChI=1S/C16H23ClN2/c17-14-8-12(9-15(18)10-14)11-19-7-3-6-16(19)13-4-1-2-5-13/h8-10,13,16H,1-7,11,18H2. The monoisotopic (exact) mass is 278 g/mol. The maximum absolute atomic E-state index is 6.10. The molecule has 1 aliphatic carbocycles. The highest BCUT2D eigenvalue weighted by Gasteiger charge is 2.33. The molecule has 0 spiro atoms. The fourth-order valence-electron chi connectivity index (χ4n) is 3.93. The minimum Gasteiger partial charge on any atom is -0.399 e. The van der Waals surface area contributed by atoms with Gasteiger partial charge in [0.05, 0.1) is 0 Å². The second-order valence-corrected chi connectivity index (χ2v) is 6.55. The predicted octanol–water partition coefficient (Wildman–Crippen LogP) is 4.08. The van der Waals surface area contributed by atoms with Crippen LogP contribution in [0.25, 0.3) is 0 Å². The molecule has 3 rings (SSSR count). The summed E-state index contributed by atoms with van der Waals surface area (Å²) >= 11 is 6.10. The van der Waals surface area contributed by atoms with Gasteiger partial charge in [-0.05, 0) is 61.9 Å². The Hall–Kier alpha value is -0.730. The normalized spacial score (nSPS) is 25.2. The van der Waals surface area contributed by atoms with Gasteiger partial charge in [-0.25, -0.2) is 0 Å². The molecule has 0 amide bonds. The molecule has 2 nitrogen and oxygen atoms in total. The van der Waals surface area contributed by atoms with Crippen LogP contribution in [0.3, 0.4) is 0 Å². The summed E-state index contributed by atoms with van der Waals surface area (Å²) in [5, 5.41) is 0.756. The second-order valence-electron chi connectivity index (χ2n) is 6.12. The fourth-order valence-corrected chi connectivity index (χ4v) is 4.19. The molecule has 2 N–H and O–H groups in total. The van der Waals surface area contributed by atoms with Gasteiger partial charge in [-0.15, -0.1) is 0 Å². The highest BCUT2D eigenvalue weighted by molar-refractivity contribution is 6.30. The summed E-state index contributed by atoms with van der Waals surface area (Å²) in [7, 11) is 0. The van der Waals surface area contributed by atoms with E-state index in [9.17, 15) is 0 Å². The maximum atomic E-state index is 6.10. The summed E-state index contributed by atoms with van der Waals surface area (Å²) < 4.78 is 0. The van der Waals surface area contributed by atoms with E-state index < -0.39 is 0 Å². The Balaban J connectivity index is 1.70. The molecule has 19 heavy (non-hydrogen) atoms. The highest BCUT2D eigenvalue weighted by Crippen LogP contribution is 2.36. The first-order valence-electron chi connectivity index (χ1n) is 7.51. The number of likely N-dealkylation sites (tertiary alicyclic amines) is 1. The van der Waals surface area contributed by atoms with Gasteiger partial charge >= 0.3 is 0 Å². The van der Waals surface area contributed by atoms with Crippen molar-refractivity contribution in [1.29, 1.82) is 0 Å². The molecule has 1 saturated carbocycles. The fraction of sp³-hybridized carbons (Fsp3) is 0.625. The molecular weight excluding hydrogens is 256 g/mol. The van der Waals surface area contributed by atoms with E-state index in [4.69, 9.17) is 17.3 Å². The van der Waals surface area contributed by atoms with Crippen molar-refractivity contribution < 1.29 is 0 Å². The Kier molecular flexibility index (Phi) is 3.99. The van der Waals surface area contributed by atoms with E-state index in [0.29, 0.717) is 0 Å². The third-order valence-electron chi connectivity index (χ3n) is 4.72. The smallest absolute Gasteiger partial charge is 0.0429 e. The van der Waals surface area contributed by atoms with E-state index in [-0.39, 0.29) is 0 Å². The van der Waals surface area contributed by atoms with Crippen molar-refractivity contribution in [2.45, 2.75) is 51.1 Å². The third-order valence-corrected chi connectivity index (χ3v) is 4.94. The van der Waals surface area contributed by atoms with E-state index in [1.165, 1.54) is 50.6 Å². The Morgan fingerprint density at radius 2 is 1.89 bits per heavy atom. The predicted molar refractivity (Wildman–Crippen MR) is 81.3 cm³/mol. The molecule has 1 aromatic rings. The molecule has 2 fully saturated rings. The number of hydrogen-bond acceptors (Lipinski definition) is 2. The van der Waals surface area contributed by atoms with Crippen molar-refractivity contribution in [2.24, 2.45) is 5.92 Å². The van der Waals surface area contributed by atoms with Gasteiger partial charge in [0.25, 0.3) is 0 Å². The highest BCUT2D eigenvalue weighted by atomic mass is 35.5. The lowest BCUT2D eigenvalue weighted by molar-refractivity contribution is 0.183. The van der Waals surface area contributed by atoms with Gasteiger partial charge in [0.1, 0.15) is 0 Å². The quantitative estimate of drug-likeness (QED) is 0.844. The van der Waals surface area contributed by atoms with Crippen molar-refractivity contribution in [2.75, 3.05) is 12.3 Å². The summed E-state index contributed by atoms with van der Waals surface area (Å²) in [6.45, 7) is 2.24. The van der Waals surface area contributed by atoms with Crippen LogP contribution >= 0.6 is 11.6 Å². The molecule has 1 saturated heterocycles. The van der Waals surface area contributed by atoms with Crippen LogP contribution in [-0.2, 0) is 6.54 Å². The van der Waals surface area contributed by atoms with Crippen LogP contribution in [0.4, 0.5) is 5.69 Å². The van der Waals surface area contributed by atoms with Crippen molar-refractivity contribution >= 4 is 17.3 Å². The summed E-state index contributed by atoms with van der Waals surface area (Å²) in [6.07, 6.45) is 8.44. The molecule has 1 aromatic carbocycles. The Bertz CT molecular complexity index is 420. The molecule has 1 heterocycles. The number of nitrogen functional groups attached to an aromatic ring is 1. The van der Waals surface area contributed by atoms with E-state index in [1.807, 2.05) is 6.07 Å².